The molecule has 1 aromatic carbocycles. The third-order valence-electron chi connectivity index (χ3n) is 4.54. The van der Waals surface area contributed by atoms with Gasteiger partial charge in [0.1, 0.15) is 11.5 Å². The van der Waals surface area contributed by atoms with Crippen LogP contribution >= 0.6 is 0 Å². The van der Waals surface area contributed by atoms with E-state index in [2.05, 4.69) is 20.4 Å². The summed E-state index contributed by atoms with van der Waals surface area (Å²) < 4.78 is 17.4. The molecule has 0 bridgehead atoms. The van der Waals surface area contributed by atoms with Gasteiger partial charge in [0.25, 0.3) is 5.91 Å². The van der Waals surface area contributed by atoms with Gasteiger partial charge >= 0.3 is 0 Å². The van der Waals surface area contributed by atoms with Crippen LogP contribution in [0.5, 0.6) is 0 Å². The topological polar surface area (TPSA) is 80.9 Å². The van der Waals surface area contributed by atoms with Crippen molar-refractivity contribution in [3.63, 3.8) is 0 Å². The molecule has 29 heavy (non-hydrogen) atoms. The van der Waals surface area contributed by atoms with Gasteiger partial charge < -0.3 is 14.8 Å². The summed E-state index contributed by atoms with van der Waals surface area (Å²) in [4.78, 5) is 22.6. The number of aromatic nitrogens is 5. The van der Waals surface area contributed by atoms with Crippen molar-refractivity contribution in [1.29, 1.82) is 0 Å². The molecule has 1 amide bonds. The summed E-state index contributed by atoms with van der Waals surface area (Å²) in [5, 5.41) is 8.17. The molecule has 148 valence electrons. The number of fused-ring (bicyclic) bond motifs is 1. The van der Waals surface area contributed by atoms with E-state index in [4.69, 9.17) is 0 Å². The molecule has 0 saturated carbocycles. The molecule has 0 atom stereocenters. The van der Waals surface area contributed by atoms with Gasteiger partial charge in [0.2, 0.25) is 5.95 Å². The van der Waals surface area contributed by atoms with Gasteiger partial charge in [0.05, 0.1) is 23.8 Å². The Hall–Kier alpha value is -3.75. The smallest absolute Gasteiger partial charge is 0.270 e. The number of rotatable bonds is 5. The van der Waals surface area contributed by atoms with Gasteiger partial charge in [-0.05, 0) is 12.1 Å². The van der Waals surface area contributed by atoms with Gasteiger partial charge in [0, 0.05) is 39.1 Å². The lowest BCUT2D eigenvalue weighted by atomic mass is 10.2. The summed E-state index contributed by atoms with van der Waals surface area (Å²) in [5.74, 6) is -0.0203. The van der Waals surface area contributed by atoms with Gasteiger partial charge in [-0.15, -0.1) is 0 Å². The highest BCUT2D eigenvalue weighted by atomic mass is 19.1. The van der Waals surface area contributed by atoms with Crippen molar-refractivity contribution in [1.82, 2.24) is 29.2 Å². The molecular weight excluding hydrogens is 373 g/mol. The average molecular weight is 393 g/mol. The van der Waals surface area contributed by atoms with Crippen molar-refractivity contribution in [2.75, 3.05) is 19.4 Å². The number of nitrogens with zero attached hydrogens (tertiary/aromatic N) is 6. The van der Waals surface area contributed by atoms with E-state index < -0.39 is 0 Å². The van der Waals surface area contributed by atoms with E-state index in [-0.39, 0.29) is 18.3 Å². The largest absolute Gasteiger partial charge is 0.344 e. The lowest BCUT2D eigenvalue weighted by molar-refractivity contribution is 0.0818. The van der Waals surface area contributed by atoms with E-state index in [0.29, 0.717) is 28.5 Å². The first-order valence-corrected chi connectivity index (χ1v) is 8.99. The molecule has 4 aromatic rings. The normalized spacial score (nSPS) is 11.0. The molecule has 3 heterocycles. The van der Waals surface area contributed by atoms with Gasteiger partial charge in [-0.3, -0.25) is 4.79 Å². The number of anilines is 2. The van der Waals surface area contributed by atoms with Crippen LogP contribution in [0.1, 0.15) is 16.1 Å². The van der Waals surface area contributed by atoms with Crippen LogP contribution in [0.15, 0.2) is 48.9 Å². The lowest BCUT2D eigenvalue weighted by Crippen LogP contribution is -2.23. The van der Waals surface area contributed by atoms with Crippen molar-refractivity contribution in [3.8, 4) is 0 Å². The van der Waals surface area contributed by atoms with Gasteiger partial charge in [-0.1, -0.05) is 18.2 Å². The average Bonchev–Trinajstić information content (AvgIpc) is 3.26. The summed E-state index contributed by atoms with van der Waals surface area (Å²) in [5.41, 5.74) is 2.35. The van der Waals surface area contributed by atoms with E-state index >= 15 is 0 Å². The molecule has 0 fully saturated rings. The van der Waals surface area contributed by atoms with Crippen molar-refractivity contribution in [2.45, 2.75) is 6.54 Å². The zero-order valence-electron chi connectivity index (χ0n) is 16.3. The molecule has 0 radical (unpaired) electrons. The highest BCUT2D eigenvalue weighted by molar-refractivity contribution is 5.93. The van der Waals surface area contributed by atoms with Crippen LogP contribution in [-0.2, 0) is 13.6 Å². The quantitative estimate of drug-likeness (QED) is 0.564. The monoisotopic (exact) mass is 393 g/mol. The summed E-state index contributed by atoms with van der Waals surface area (Å²) in [6.45, 7) is 0.263. The molecule has 0 aliphatic rings. The fourth-order valence-corrected chi connectivity index (χ4v) is 3.03. The molecule has 1 N–H and O–H groups in total. The van der Waals surface area contributed by atoms with E-state index in [9.17, 15) is 9.18 Å². The summed E-state index contributed by atoms with van der Waals surface area (Å²) in [6.07, 6.45) is 5.10. The first-order valence-electron chi connectivity index (χ1n) is 8.99. The number of nitrogens with one attached hydrogen (secondary N) is 1. The summed E-state index contributed by atoms with van der Waals surface area (Å²) >= 11 is 0. The number of halogens is 1. The number of hydrogen-bond acceptors (Lipinski definition) is 5. The number of benzene rings is 1. The van der Waals surface area contributed by atoms with Crippen molar-refractivity contribution < 1.29 is 9.18 Å². The van der Waals surface area contributed by atoms with E-state index in [1.807, 2.05) is 0 Å². The fraction of sp³-hybridized carbons (Fsp3) is 0.200. The van der Waals surface area contributed by atoms with Gasteiger partial charge in [0.15, 0.2) is 5.65 Å². The predicted octanol–water partition coefficient (Wildman–Crippen LogP) is 2.80. The second-order valence-corrected chi connectivity index (χ2v) is 6.92. The van der Waals surface area contributed by atoms with Crippen LogP contribution in [0.2, 0.25) is 0 Å². The third-order valence-corrected chi connectivity index (χ3v) is 4.54. The summed E-state index contributed by atoms with van der Waals surface area (Å²) in [6, 6.07) is 8.32. The first kappa shape index (κ1) is 18.6. The Morgan fingerprint density at radius 2 is 2.03 bits per heavy atom. The molecular formula is C20H20FN7O. The standard InChI is InChI=1S/C20H20FN7O/c1-26(2)19(29)17-8-15(12-27(17)3)24-20-22-9-14-10-23-28(18(14)25-20)11-13-6-4-5-7-16(13)21/h4-10,12H,11H2,1-3H3,(H,22,24,25). The molecule has 0 aliphatic heterocycles. The minimum Gasteiger partial charge on any atom is -0.344 e. The second kappa shape index (κ2) is 7.34. The van der Waals surface area contributed by atoms with E-state index in [1.165, 1.54) is 11.0 Å². The zero-order valence-corrected chi connectivity index (χ0v) is 16.3. The molecule has 8 nitrogen and oxygen atoms in total. The van der Waals surface area contributed by atoms with Crippen LogP contribution in [-0.4, -0.2) is 49.2 Å². The molecule has 0 aliphatic carbocycles. The van der Waals surface area contributed by atoms with Gasteiger partial charge in [-0.2, -0.15) is 10.1 Å². The number of carbonyl (C=O) groups is 1. The van der Waals surface area contributed by atoms with E-state index in [1.54, 1.807) is 73.2 Å². The SMILES string of the molecule is CN(C)C(=O)c1cc(Nc2ncc3cnn(Cc4ccccc4F)c3n2)cn1C. The zero-order chi connectivity index (χ0) is 20.5. The number of hydrogen-bond donors (Lipinski definition) is 1. The number of amides is 1. The Bertz CT molecular complexity index is 1190. The number of aryl methyl sites for hydroxylation is 1. The van der Waals surface area contributed by atoms with E-state index in [0.717, 1.165) is 5.39 Å². The Balaban J connectivity index is 1.62. The molecule has 3 aromatic heterocycles. The molecule has 9 heteroatoms. The van der Waals surface area contributed by atoms with Gasteiger partial charge in [-0.25, -0.2) is 14.1 Å². The minimum absolute atomic E-state index is 0.0973. The maximum atomic E-state index is 14.0. The van der Waals surface area contributed by atoms with Crippen LogP contribution in [0.25, 0.3) is 11.0 Å². The van der Waals surface area contributed by atoms with Crippen molar-refractivity contribution >= 4 is 28.6 Å². The maximum absolute atomic E-state index is 14.0. The molecule has 0 unspecified atom stereocenters. The maximum Gasteiger partial charge on any atom is 0.270 e. The Morgan fingerprint density at radius 1 is 1.24 bits per heavy atom. The summed E-state index contributed by atoms with van der Waals surface area (Å²) in [7, 11) is 5.21. The Labute approximate surface area is 166 Å². The van der Waals surface area contributed by atoms with Crippen LogP contribution in [0.3, 0.4) is 0 Å². The highest BCUT2D eigenvalue weighted by Gasteiger charge is 2.15. The number of carbonyl (C=O) groups excluding carboxylic acids is 1. The molecule has 0 saturated heterocycles. The highest BCUT2D eigenvalue weighted by Crippen LogP contribution is 2.20. The lowest BCUT2D eigenvalue weighted by Gasteiger charge is -2.09. The first-order chi connectivity index (χ1) is 13.9. The predicted molar refractivity (Wildman–Crippen MR) is 108 cm³/mol. The van der Waals surface area contributed by atoms with Crippen LogP contribution in [0, 0.1) is 5.82 Å². The Morgan fingerprint density at radius 3 is 2.79 bits per heavy atom. The van der Waals surface area contributed by atoms with Crippen molar-refractivity contribution in [3.05, 3.63) is 66.0 Å². The fourth-order valence-electron chi connectivity index (χ4n) is 3.03. The Kier molecular flexibility index (Phi) is 4.71. The van der Waals surface area contributed by atoms with Crippen LogP contribution in [0.4, 0.5) is 16.0 Å². The second-order valence-electron chi connectivity index (χ2n) is 6.92. The minimum atomic E-state index is -0.286. The molecule has 0 spiro atoms. The third kappa shape index (κ3) is 3.66. The molecule has 4 rings (SSSR count). The van der Waals surface area contributed by atoms with Crippen LogP contribution < -0.4 is 5.32 Å². The van der Waals surface area contributed by atoms with Crippen molar-refractivity contribution in [2.24, 2.45) is 7.05 Å².